The van der Waals surface area contributed by atoms with Crippen LogP contribution in [-0.2, 0) is 16.7 Å². The Morgan fingerprint density at radius 2 is 1.87 bits per heavy atom. The molecule has 2 aromatic rings. The van der Waals surface area contributed by atoms with Gasteiger partial charge in [-0.3, -0.25) is 9.89 Å². The van der Waals surface area contributed by atoms with Gasteiger partial charge in [-0.25, -0.2) is 9.37 Å². The number of benzene rings is 1. The minimum atomic E-state index is -0.231. The fraction of sp³-hybridized carbons (Fsp3) is 0.545. The van der Waals surface area contributed by atoms with Gasteiger partial charge >= 0.3 is 0 Å². The predicted octanol–water partition coefficient (Wildman–Crippen LogP) is 3.47. The Balaban J connectivity index is 0.00000341. The Morgan fingerprint density at radius 3 is 2.45 bits per heavy atom. The lowest BCUT2D eigenvalue weighted by Gasteiger charge is -2.35. The van der Waals surface area contributed by atoms with Crippen LogP contribution in [0.2, 0.25) is 0 Å². The van der Waals surface area contributed by atoms with Gasteiger partial charge in [0, 0.05) is 32.1 Å². The summed E-state index contributed by atoms with van der Waals surface area (Å²) in [6, 6.07) is 6.78. The molecule has 1 aromatic carbocycles. The summed E-state index contributed by atoms with van der Waals surface area (Å²) in [5, 5.41) is 6.63. The van der Waals surface area contributed by atoms with Crippen molar-refractivity contribution in [3.8, 4) is 0 Å². The van der Waals surface area contributed by atoms with Crippen LogP contribution in [0.25, 0.3) is 0 Å². The number of hydrogen-bond acceptors (Lipinski definition) is 5. The Hall–Kier alpha value is -1.72. The zero-order valence-electron chi connectivity index (χ0n) is 18.7. The van der Waals surface area contributed by atoms with Crippen LogP contribution in [0.3, 0.4) is 0 Å². The number of guanidine groups is 1. The molecule has 172 valence electrons. The highest BCUT2D eigenvalue weighted by Crippen LogP contribution is 2.23. The first kappa shape index (κ1) is 25.5. The number of morpholine rings is 1. The Morgan fingerprint density at radius 1 is 1.19 bits per heavy atom. The summed E-state index contributed by atoms with van der Waals surface area (Å²) in [7, 11) is 1.73. The molecule has 0 saturated carbocycles. The van der Waals surface area contributed by atoms with Crippen LogP contribution in [0.1, 0.15) is 44.0 Å². The van der Waals surface area contributed by atoms with E-state index in [1.807, 2.05) is 12.1 Å². The van der Waals surface area contributed by atoms with E-state index in [1.165, 1.54) is 12.1 Å². The molecule has 7 nitrogen and oxygen atoms in total. The normalized spacial score (nSPS) is 16.5. The smallest absolute Gasteiger partial charge is 0.213 e. The Kier molecular flexibility index (Phi) is 9.70. The predicted molar refractivity (Wildman–Crippen MR) is 130 cm³/mol. The van der Waals surface area contributed by atoms with Gasteiger partial charge in [-0.15, -0.1) is 24.0 Å². The molecular weight excluding hydrogens is 512 g/mol. The quantitative estimate of drug-likeness (QED) is 0.329. The van der Waals surface area contributed by atoms with Gasteiger partial charge in [0.15, 0.2) is 5.96 Å². The molecule has 0 spiro atoms. The fourth-order valence-electron chi connectivity index (χ4n) is 3.34. The number of hydrogen-bond donors (Lipinski definition) is 2. The number of halogens is 2. The third kappa shape index (κ3) is 7.43. The minimum absolute atomic E-state index is 0. The molecule has 2 N–H and O–H groups in total. The van der Waals surface area contributed by atoms with Crippen molar-refractivity contribution in [1.82, 2.24) is 20.5 Å². The first-order valence-corrected chi connectivity index (χ1v) is 10.3. The van der Waals surface area contributed by atoms with Crippen molar-refractivity contribution in [2.45, 2.75) is 38.8 Å². The molecule has 1 saturated heterocycles. The highest BCUT2D eigenvalue weighted by Gasteiger charge is 2.23. The lowest BCUT2D eigenvalue weighted by molar-refractivity contribution is 0.0170. The molecule has 31 heavy (non-hydrogen) atoms. The third-order valence-corrected chi connectivity index (χ3v) is 5.13. The lowest BCUT2D eigenvalue weighted by atomic mass is 9.94. The molecule has 3 rings (SSSR count). The van der Waals surface area contributed by atoms with E-state index >= 15 is 0 Å². The maximum absolute atomic E-state index is 13.4. The first-order chi connectivity index (χ1) is 14.4. The molecule has 1 aliphatic rings. The molecule has 0 aliphatic carbocycles. The molecule has 1 aliphatic heterocycles. The number of nitrogens with one attached hydrogen (secondary N) is 2. The summed E-state index contributed by atoms with van der Waals surface area (Å²) in [6.07, 6.45) is 1.77. The molecule has 0 radical (unpaired) electrons. The van der Waals surface area contributed by atoms with Crippen LogP contribution in [0.4, 0.5) is 4.39 Å². The van der Waals surface area contributed by atoms with Crippen molar-refractivity contribution in [2.24, 2.45) is 4.99 Å². The largest absolute Gasteiger partial charge is 0.443 e. The zero-order chi connectivity index (χ0) is 21.6. The maximum Gasteiger partial charge on any atom is 0.213 e. The van der Waals surface area contributed by atoms with Gasteiger partial charge in [0.25, 0.3) is 0 Å². The van der Waals surface area contributed by atoms with Gasteiger partial charge in [-0.05, 0) is 17.7 Å². The SMILES string of the molecule is CN=C(NCc1ncc(C(C)(C)C)o1)NCC(c1ccc(F)cc1)N1CCOCC1.I. The number of nitrogens with zero attached hydrogens (tertiary/aromatic N) is 3. The number of oxazole rings is 1. The molecule has 2 heterocycles. The highest BCUT2D eigenvalue weighted by atomic mass is 127. The van der Waals surface area contributed by atoms with Gasteiger partial charge in [0.1, 0.15) is 11.6 Å². The van der Waals surface area contributed by atoms with E-state index in [0.717, 1.165) is 24.4 Å². The van der Waals surface area contributed by atoms with E-state index in [1.54, 1.807) is 13.2 Å². The molecule has 9 heteroatoms. The molecular formula is C22H33FIN5O2. The van der Waals surface area contributed by atoms with Gasteiger partial charge in [-0.1, -0.05) is 32.9 Å². The van der Waals surface area contributed by atoms with Crippen molar-refractivity contribution in [3.05, 3.63) is 53.5 Å². The zero-order valence-corrected chi connectivity index (χ0v) is 21.0. The molecule has 0 bridgehead atoms. The number of aliphatic imine (C=N–C) groups is 1. The topological polar surface area (TPSA) is 74.9 Å². The average molecular weight is 545 g/mol. The van der Waals surface area contributed by atoms with E-state index in [0.29, 0.717) is 38.2 Å². The lowest BCUT2D eigenvalue weighted by Crippen LogP contribution is -2.46. The average Bonchev–Trinajstić information content (AvgIpc) is 3.22. The summed E-state index contributed by atoms with van der Waals surface area (Å²) in [5.74, 6) is 1.90. The summed E-state index contributed by atoms with van der Waals surface area (Å²) in [6.45, 7) is 10.4. The van der Waals surface area contributed by atoms with Crippen LogP contribution in [0, 0.1) is 5.82 Å². The van der Waals surface area contributed by atoms with Crippen LogP contribution in [-0.4, -0.2) is 55.7 Å². The van der Waals surface area contributed by atoms with Gasteiger partial charge in [-0.2, -0.15) is 0 Å². The molecule has 1 aromatic heterocycles. The van der Waals surface area contributed by atoms with Gasteiger partial charge < -0.3 is 19.8 Å². The van der Waals surface area contributed by atoms with E-state index < -0.39 is 0 Å². The number of ether oxygens (including phenoxy) is 1. The summed E-state index contributed by atoms with van der Waals surface area (Å²) in [5.41, 5.74) is 0.981. The van der Waals surface area contributed by atoms with Crippen LogP contribution in [0.15, 0.2) is 39.9 Å². The Bertz CT molecular complexity index is 829. The molecule has 1 atom stereocenters. The highest BCUT2D eigenvalue weighted by molar-refractivity contribution is 14.0. The van der Waals surface area contributed by atoms with Crippen LogP contribution >= 0.6 is 24.0 Å². The number of rotatable bonds is 6. The number of aromatic nitrogens is 1. The van der Waals surface area contributed by atoms with Gasteiger partial charge in [0.2, 0.25) is 5.89 Å². The van der Waals surface area contributed by atoms with Crippen LogP contribution in [0.5, 0.6) is 0 Å². The van der Waals surface area contributed by atoms with E-state index in [9.17, 15) is 4.39 Å². The Labute approximate surface area is 200 Å². The third-order valence-electron chi connectivity index (χ3n) is 5.13. The summed E-state index contributed by atoms with van der Waals surface area (Å²) in [4.78, 5) is 11.0. The van der Waals surface area contributed by atoms with Crippen molar-refractivity contribution in [2.75, 3.05) is 39.9 Å². The van der Waals surface area contributed by atoms with Crippen molar-refractivity contribution >= 4 is 29.9 Å². The summed E-state index contributed by atoms with van der Waals surface area (Å²) >= 11 is 0. The monoisotopic (exact) mass is 545 g/mol. The second kappa shape index (κ2) is 11.8. The van der Waals surface area contributed by atoms with Crippen LogP contribution < -0.4 is 10.6 Å². The van der Waals surface area contributed by atoms with E-state index in [4.69, 9.17) is 9.15 Å². The van der Waals surface area contributed by atoms with Crippen molar-refractivity contribution in [1.29, 1.82) is 0 Å². The molecule has 1 fully saturated rings. The molecule has 0 amide bonds. The summed E-state index contributed by atoms with van der Waals surface area (Å²) < 4.78 is 24.7. The fourth-order valence-corrected chi connectivity index (χ4v) is 3.34. The second-order valence-corrected chi connectivity index (χ2v) is 8.39. The van der Waals surface area contributed by atoms with E-state index in [2.05, 4.69) is 46.3 Å². The van der Waals surface area contributed by atoms with Gasteiger partial charge in [0.05, 0.1) is 32.0 Å². The van der Waals surface area contributed by atoms with E-state index in [-0.39, 0.29) is 41.3 Å². The first-order valence-electron chi connectivity index (χ1n) is 10.3. The van der Waals surface area contributed by atoms with Crippen molar-refractivity contribution < 1.29 is 13.5 Å². The molecule has 1 unspecified atom stereocenters. The van der Waals surface area contributed by atoms with Crippen molar-refractivity contribution in [3.63, 3.8) is 0 Å². The minimum Gasteiger partial charge on any atom is -0.443 e. The standard InChI is InChI=1S/C22H32FN5O2.HI/c1-22(2,3)19-14-25-20(30-19)15-27-21(24-4)26-13-18(28-9-11-29-12-10-28)16-5-7-17(23)8-6-16;/h5-8,14,18H,9-13,15H2,1-4H3,(H2,24,26,27);1H. The second-order valence-electron chi connectivity index (χ2n) is 8.39. The maximum atomic E-state index is 13.4.